The molecule has 3 N–H and O–H groups in total. The molecule has 6 nitrogen and oxygen atoms in total. The van der Waals surface area contributed by atoms with E-state index < -0.39 is 17.8 Å². The van der Waals surface area contributed by atoms with Gasteiger partial charge >= 0.3 is 5.97 Å². The average Bonchev–Trinajstić information content (AvgIpc) is 3.18. The van der Waals surface area contributed by atoms with Crippen LogP contribution in [0.5, 0.6) is 0 Å². The number of aliphatic carboxylic acids is 1. The third-order valence-electron chi connectivity index (χ3n) is 3.06. The quantitative estimate of drug-likeness (QED) is 0.744. The molecule has 19 heavy (non-hydrogen) atoms. The van der Waals surface area contributed by atoms with Gasteiger partial charge in [-0.2, -0.15) is 0 Å². The zero-order valence-electron chi connectivity index (χ0n) is 10.3. The average molecular weight is 262 g/mol. The Morgan fingerprint density at radius 3 is 2.58 bits per heavy atom. The second-order valence-corrected chi connectivity index (χ2v) is 4.44. The van der Waals surface area contributed by atoms with E-state index in [4.69, 9.17) is 5.11 Å². The summed E-state index contributed by atoms with van der Waals surface area (Å²) in [7, 11) is 1.52. The predicted molar refractivity (Wildman–Crippen MR) is 67.7 cm³/mol. The van der Waals surface area contributed by atoms with Crippen LogP contribution in [0.15, 0.2) is 24.3 Å². The lowest BCUT2D eigenvalue weighted by atomic mass is 10.2. The summed E-state index contributed by atoms with van der Waals surface area (Å²) in [6.45, 7) is 0. The summed E-state index contributed by atoms with van der Waals surface area (Å²) < 4.78 is 0. The molecule has 1 aliphatic rings. The highest BCUT2D eigenvalue weighted by atomic mass is 16.4. The molecule has 2 rings (SSSR count). The number of hydrogen-bond donors (Lipinski definition) is 3. The first-order valence-corrected chi connectivity index (χ1v) is 5.88. The van der Waals surface area contributed by atoms with Crippen LogP contribution in [0.2, 0.25) is 0 Å². The molecule has 0 aliphatic heterocycles. The Labute approximate surface area is 109 Å². The fraction of sp³-hybridized carbons (Fsp3) is 0.308. The third kappa shape index (κ3) is 2.90. The maximum atomic E-state index is 11.8. The molecule has 1 aromatic carbocycles. The molecule has 1 saturated carbocycles. The van der Waals surface area contributed by atoms with Crippen molar-refractivity contribution in [3.05, 3.63) is 29.8 Å². The number of rotatable bonds is 4. The van der Waals surface area contributed by atoms with E-state index in [1.165, 1.54) is 7.05 Å². The monoisotopic (exact) mass is 262 g/mol. The summed E-state index contributed by atoms with van der Waals surface area (Å²) in [6, 6.07) is 6.49. The number of hydrogen-bond acceptors (Lipinski definition) is 3. The second-order valence-electron chi connectivity index (χ2n) is 4.44. The van der Waals surface area contributed by atoms with Gasteiger partial charge in [0.1, 0.15) is 0 Å². The number of carboxylic acid groups (broad SMARTS) is 1. The Morgan fingerprint density at radius 2 is 2.00 bits per heavy atom. The molecule has 1 aliphatic carbocycles. The van der Waals surface area contributed by atoms with Gasteiger partial charge < -0.3 is 15.7 Å². The van der Waals surface area contributed by atoms with E-state index in [0.29, 0.717) is 17.7 Å². The zero-order valence-corrected chi connectivity index (χ0v) is 10.3. The van der Waals surface area contributed by atoms with Crippen LogP contribution in [0.4, 0.5) is 5.69 Å². The Hall–Kier alpha value is -2.37. The fourth-order valence-corrected chi connectivity index (χ4v) is 1.88. The molecule has 0 aromatic heterocycles. The fourth-order valence-electron chi connectivity index (χ4n) is 1.88. The second kappa shape index (κ2) is 5.09. The number of carbonyl (C=O) groups is 3. The number of carboxylic acids is 1. The molecule has 0 bridgehead atoms. The number of nitrogens with one attached hydrogen (secondary N) is 2. The van der Waals surface area contributed by atoms with E-state index in [-0.39, 0.29) is 11.8 Å². The van der Waals surface area contributed by atoms with Crippen LogP contribution >= 0.6 is 0 Å². The van der Waals surface area contributed by atoms with E-state index in [9.17, 15) is 14.4 Å². The van der Waals surface area contributed by atoms with Crippen LogP contribution in [-0.2, 0) is 9.59 Å². The minimum atomic E-state index is -0.945. The van der Waals surface area contributed by atoms with Crippen molar-refractivity contribution in [3.8, 4) is 0 Å². The number of benzene rings is 1. The molecule has 2 atom stereocenters. The zero-order chi connectivity index (χ0) is 14.0. The van der Waals surface area contributed by atoms with Crippen LogP contribution in [0.1, 0.15) is 16.8 Å². The molecular weight excluding hydrogens is 248 g/mol. The Kier molecular flexibility index (Phi) is 3.50. The van der Waals surface area contributed by atoms with Gasteiger partial charge in [-0.25, -0.2) is 0 Å². The van der Waals surface area contributed by atoms with E-state index >= 15 is 0 Å². The Balaban J connectivity index is 2.02. The van der Waals surface area contributed by atoms with E-state index in [0.717, 1.165) is 0 Å². The topological polar surface area (TPSA) is 95.5 Å². The highest BCUT2D eigenvalue weighted by molar-refractivity contribution is 6.00. The van der Waals surface area contributed by atoms with Crippen molar-refractivity contribution in [1.82, 2.24) is 5.32 Å². The van der Waals surface area contributed by atoms with Crippen molar-refractivity contribution < 1.29 is 19.5 Å². The first-order valence-electron chi connectivity index (χ1n) is 5.88. The number of anilines is 1. The summed E-state index contributed by atoms with van der Waals surface area (Å²) in [5.41, 5.74) is 0.924. The molecule has 1 fully saturated rings. The van der Waals surface area contributed by atoms with Crippen molar-refractivity contribution >= 4 is 23.5 Å². The van der Waals surface area contributed by atoms with Gasteiger partial charge in [0.05, 0.1) is 11.8 Å². The van der Waals surface area contributed by atoms with Crippen LogP contribution in [0, 0.1) is 11.8 Å². The molecule has 0 radical (unpaired) electrons. The predicted octanol–water partition coefficient (Wildman–Crippen LogP) is 0.705. The molecule has 0 heterocycles. The first kappa shape index (κ1) is 13.1. The summed E-state index contributed by atoms with van der Waals surface area (Å²) in [5.74, 6) is -2.56. The summed E-state index contributed by atoms with van der Waals surface area (Å²) in [5, 5.41) is 13.9. The summed E-state index contributed by atoms with van der Waals surface area (Å²) in [4.78, 5) is 33.9. The Morgan fingerprint density at radius 1 is 1.26 bits per heavy atom. The largest absolute Gasteiger partial charge is 0.481 e. The smallest absolute Gasteiger partial charge is 0.307 e. The van der Waals surface area contributed by atoms with Crippen LogP contribution < -0.4 is 10.6 Å². The molecule has 1 aromatic rings. The van der Waals surface area contributed by atoms with Crippen LogP contribution in [0.3, 0.4) is 0 Å². The molecular formula is C13H14N2O4. The highest BCUT2D eigenvalue weighted by Crippen LogP contribution is 2.39. The van der Waals surface area contributed by atoms with Crippen molar-refractivity contribution in [2.24, 2.45) is 11.8 Å². The molecule has 0 spiro atoms. The van der Waals surface area contributed by atoms with Crippen molar-refractivity contribution in [2.45, 2.75) is 6.42 Å². The molecule has 0 saturated heterocycles. The first-order chi connectivity index (χ1) is 9.02. The van der Waals surface area contributed by atoms with Gasteiger partial charge in [-0.15, -0.1) is 0 Å². The summed E-state index contributed by atoms with van der Waals surface area (Å²) in [6.07, 6.45) is 0.371. The normalized spacial score (nSPS) is 20.5. The highest BCUT2D eigenvalue weighted by Gasteiger charge is 2.48. The van der Waals surface area contributed by atoms with E-state index in [1.54, 1.807) is 24.3 Å². The van der Waals surface area contributed by atoms with E-state index in [1.807, 2.05) is 0 Å². The van der Waals surface area contributed by atoms with Gasteiger partial charge in [-0.1, -0.05) is 6.07 Å². The third-order valence-corrected chi connectivity index (χ3v) is 3.06. The van der Waals surface area contributed by atoms with Gasteiger partial charge in [-0.3, -0.25) is 14.4 Å². The number of carbonyl (C=O) groups excluding carboxylic acids is 2. The Bertz CT molecular complexity index is 541. The molecule has 6 heteroatoms. The standard InChI is InChI=1S/C13H14N2O4/c1-14-11(16)7-3-2-4-8(5-7)15-12(17)9-6-10(9)13(18)19/h2-5,9-10H,6H2,1H3,(H,14,16)(H,15,17)(H,18,19). The van der Waals surface area contributed by atoms with Gasteiger partial charge in [0.25, 0.3) is 5.91 Å². The van der Waals surface area contributed by atoms with Crippen molar-refractivity contribution in [2.75, 3.05) is 12.4 Å². The van der Waals surface area contributed by atoms with Gasteiger partial charge in [0, 0.05) is 18.3 Å². The summed E-state index contributed by atoms with van der Waals surface area (Å²) >= 11 is 0. The van der Waals surface area contributed by atoms with Crippen molar-refractivity contribution in [3.63, 3.8) is 0 Å². The lowest BCUT2D eigenvalue weighted by Crippen LogP contribution is -2.19. The number of amides is 2. The van der Waals surface area contributed by atoms with Gasteiger partial charge in [0.15, 0.2) is 0 Å². The molecule has 100 valence electrons. The molecule has 2 amide bonds. The SMILES string of the molecule is CNC(=O)c1cccc(NC(=O)C2CC2C(=O)O)c1. The minimum Gasteiger partial charge on any atom is -0.481 e. The minimum absolute atomic E-state index is 0.245. The van der Waals surface area contributed by atoms with Gasteiger partial charge in [0.2, 0.25) is 5.91 Å². The van der Waals surface area contributed by atoms with Crippen LogP contribution in [0.25, 0.3) is 0 Å². The lowest BCUT2D eigenvalue weighted by Gasteiger charge is -2.06. The maximum absolute atomic E-state index is 11.8. The lowest BCUT2D eigenvalue weighted by molar-refractivity contribution is -0.139. The van der Waals surface area contributed by atoms with Gasteiger partial charge in [-0.05, 0) is 24.6 Å². The maximum Gasteiger partial charge on any atom is 0.307 e. The van der Waals surface area contributed by atoms with Crippen LogP contribution in [-0.4, -0.2) is 29.9 Å². The van der Waals surface area contributed by atoms with Crippen molar-refractivity contribution in [1.29, 1.82) is 0 Å². The van der Waals surface area contributed by atoms with E-state index in [2.05, 4.69) is 10.6 Å². The molecule has 2 unspecified atom stereocenters.